The molecule has 4 heterocycles. The zero-order valence-corrected chi connectivity index (χ0v) is 19.2. The van der Waals surface area contributed by atoms with Crippen LogP contribution in [0.15, 0.2) is 79.6 Å². The highest BCUT2D eigenvalue weighted by atomic mass is 32.2. The van der Waals surface area contributed by atoms with Crippen LogP contribution in [-0.2, 0) is 4.79 Å². The summed E-state index contributed by atoms with van der Waals surface area (Å²) in [5.74, 6) is 0.704. The van der Waals surface area contributed by atoms with E-state index in [1.807, 2.05) is 53.9 Å². The quantitative estimate of drug-likeness (QED) is 0.293. The second kappa shape index (κ2) is 8.31. The number of thiophene rings is 1. The van der Waals surface area contributed by atoms with Crippen molar-refractivity contribution in [3.8, 4) is 0 Å². The summed E-state index contributed by atoms with van der Waals surface area (Å²) in [6.45, 7) is 0. The number of carbonyl (C=O) groups is 1. The Bertz CT molecular complexity index is 1410. The molecule has 1 saturated carbocycles. The predicted octanol–water partition coefficient (Wildman–Crippen LogP) is 4.86. The largest absolute Gasteiger partial charge is 0.467 e. The first kappa shape index (κ1) is 20.4. The SMILES string of the molecule is O=C(CSc1nc2ccccc2c(=O)n1C1CC1)N1N=C(c2cccs2)C[C@H]1c1ccco1. The van der Waals surface area contributed by atoms with Gasteiger partial charge in [0.15, 0.2) is 5.16 Å². The van der Waals surface area contributed by atoms with Gasteiger partial charge in [0, 0.05) is 12.5 Å². The van der Waals surface area contributed by atoms with E-state index in [0.29, 0.717) is 28.2 Å². The van der Waals surface area contributed by atoms with E-state index in [4.69, 9.17) is 9.40 Å². The molecular formula is C24H20N4O3S2. The van der Waals surface area contributed by atoms with Crippen molar-refractivity contribution in [2.24, 2.45) is 5.10 Å². The number of hydrogen-bond donors (Lipinski definition) is 0. The molecule has 1 aliphatic carbocycles. The average molecular weight is 477 g/mol. The van der Waals surface area contributed by atoms with Crippen molar-refractivity contribution in [2.45, 2.75) is 36.5 Å². The summed E-state index contributed by atoms with van der Waals surface area (Å²) in [6.07, 6.45) is 4.14. The number of benzene rings is 1. The fourth-order valence-electron chi connectivity index (χ4n) is 4.11. The van der Waals surface area contributed by atoms with Gasteiger partial charge in [0.2, 0.25) is 0 Å². The van der Waals surface area contributed by atoms with Gasteiger partial charge in [-0.2, -0.15) is 5.10 Å². The van der Waals surface area contributed by atoms with Gasteiger partial charge < -0.3 is 4.42 Å². The van der Waals surface area contributed by atoms with E-state index in [-0.39, 0.29) is 29.3 Å². The van der Waals surface area contributed by atoms with E-state index >= 15 is 0 Å². The summed E-state index contributed by atoms with van der Waals surface area (Å²) < 4.78 is 7.38. The summed E-state index contributed by atoms with van der Waals surface area (Å²) in [7, 11) is 0. The lowest BCUT2D eigenvalue weighted by molar-refractivity contribution is -0.130. The molecule has 0 saturated heterocycles. The maximum Gasteiger partial charge on any atom is 0.262 e. The molecule has 7 nitrogen and oxygen atoms in total. The minimum absolute atomic E-state index is 0.0364. The van der Waals surface area contributed by atoms with Crippen LogP contribution in [0.4, 0.5) is 0 Å². The van der Waals surface area contributed by atoms with Gasteiger partial charge in [-0.3, -0.25) is 14.2 Å². The van der Waals surface area contributed by atoms with Crippen LogP contribution in [0.3, 0.4) is 0 Å². The third kappa shape index (κ3) is 3.81. The van der Waals surface area contributed by atoms with Crippen molar-refractivity contribution in [3.05, 3.63) is 81.2 Å². The molecule has 0 unspecified atom stereocenters. The van der Waals surface area contributed by atoms with Gasteiger partial charge >= 0.3 is 0 Å². The smallest absolute Gasteiger partial charge is 0.262 e. The number of para-hydroxylation sites is 1. The topological polar surface area (TPSA) is 80.7 Å². The van der Waals surface area contributed by atoms with Crippen LogP contribution in [0.5, 0.6) is 0 Å². The van der Waals surface area contributed by atoms with Crippen LogP contribution < -0.4 is 5.56 Å². The van der Waals surface area contributed by atoms with Gasteiger partial charge in [-0.1, -0.05) is 30.0 Å². The lowest BCUT2D eigenvalue weighted by Crippen LogP contribution is -2.29. The van der Waals surface area contributed by atoms with Crippen molar-refractivity contribution in [3.63, 3.8) is 0 Å². The Morgan fingerprint density at radius 3 is 2.79 bits per heavy atom. The summed E-state index contributed by atoms with van der Waals surface area (Å²) in [5, 5.41) is 9.40. The molecule has 3 aromatic heterocycles. The number of thioether (sulfide) groups is 1. The maximum absolute atomic E-state index is 13.3. The zero-order valence-electron chi connectivity index (χ0n) is 17.6. The molecule has 2 aliphatic rings. The number of carbonyl (C=O) groups excluding carboxylic acids is 1. The molecule has 0 N–H and O–H groups in total. The van der Waals surface area contributed by atoms with Crippen molar-refractivity contribution < 1.29 is 9.21 Å². The third-order valence-corrected chi connectivity index (χ3v) is 7.71. The summed E-state index contributed by atoms with van der Waals surface area (Å²) in [4.78, 5) is 32.2. The van der Waals surface area contributed by atoms with Crippen LogP contribution in [0, 0.1) is 0 Å². The van der Waals surface area contributed by atoms with Gasteiger partial charge in [0.25, 0.3) is 11.5 Å². The highest BCUT2D eigenvalue weighted by molar-refractivity contribution is 7.99. The Morgan fingerprint density at radius 2 is 2.03 bits per heavy atom. The normalized spacial score (nSPS) is 18.1. The Hall–Kier alpha value is -3.17. The zero-order chi connectivity index (χ0) is 22.4. The van der Waals surface area contributed by atoms with Crippen LogP contribution in [0.2, 0.25) is 0 Å². The Kier molecular flexibility index (Phi) is 5.15. The molecular weight excluding hydrogens is 456 g/mol. The first-order valence-electron chi connectivity index (χ1n) is 10.8. The Morgan fingerprint density at radius 1 is 1.15 bits per heavy atom. The fourth-order valence-corrected chi connectivity index (χ4v) is 5.75. The number of furan rings is 1. The van der Waals surface area contributed by atoms with Gasteiger partial charge in [0.05, 0.1) is 33.5 Å². The van der Waals surface area contributed by atoms with Crippen LogP contribution in [0.1, 0.15) is 42.0 Å². The minimum Gasteiger partial charge on any atom is -0.467 e. The number of fused-ring (bicyclic) bond motifs is 1. The van der Waals surface area contributed by atoms with E-state index in [9.17, 15) is 9.59 Å². The molecule has 0 bridgehead atoms. The fraction of sp³-hybridized carbons (Fsp3) is 0.250. The molecule has 1 amide bonds. The van der Waals surface area contributed by atoms with Gasteiger partial charge in [-0.15, -0.1) is 11.3 Å². The number of nitrogens with zero attached hydrogens (tertiary/aromatic N) is 4. The van der Waals surface area contributed by atoms with Crippen molar-refractivity contribution in [2.75, 3.05) is 5.75 Å². The number of hydrogen-bond acceptors (Lipinski definition) is 7. The van der Waals surface area contributed by atoms with E-state index < -0.39 is 0 Å². The second-order valence-electron chi connectivity index (χ2n) is 8.10. The summed E-state index contributed by atoms with van der Waals surface area (Å²) in [5.41, 5.74) is 1.50. The average Bonchev–Trinajstić information content (AvgIpc) is 3.26. The molecule has 1 atom stereocenters. The molecule has 1 aliphatic heterocycles. The van der Waals surface area contributed by atoms with E-state index in [2.05, 4.69) is 5.10 Å². The molecule has 1 aromatic carbocycles. The lowest BCUT2D eigenvalue weighted by atomic mass is 10.1. The van der Waals surface area contributed by atoms with Crippen LogP contribution >= 0.6 is 23.1 Å². The monoisotopic (exact) mass is 476 g/mol. The summed E-state index contributed by atoms with van der Waals surface area (Å²) in [6, 6.07) is 14.9. The van der Waals surface area contributed by atoms with E-state index in [1.165, 1.54) is 16.8 Å². The van der Waals surface area contributed by atoms with E-state index in [1.54, 1.807) is 22.2 Å². The number of hydrazone groups is 1. The van der Waals surface area contributed by atoms with Crippen molar-refractivity contribution in [1.82, 2.24) is 14.6 Å². The Balaban J connectivity index is 1.29. The first-order valence-corrected chi connectivity index (χ1v) is 12.7. The molecule has 0 radical (unpaired) electrons. The standard InChI is InChI=1S/C24H20N4O3S2/c29-22(28-19(20-7-3-11-31-20)13-18(26-28)21-8-4-12-32-21)14-33-24-25-17-6-2-1-5-16(17)23(30)27(24)15-9-10-15/h1-8,11-12,15,19H,9-10,13-14H2/t19-/m0/s1. The molecule has 0 spiro atoms. The predicted molar refractivity (Wildman–Crippen MR) is 129 cm³/mol. The first-order chi connectivity index (χ1) is 16.2. The van der Waals surface area contributed by atoms with Gasteiger partial charge in [-0.05, 0) is 48.6 Å². The summed E-state index contributed by atoms with van der Waals surface area (Å²) >= 11 is 2.91. The van der Waals surface area contributed by atoms with Crippen molar-refractivity contribution in [1.29, 1.82) is 0 Å². The molecule has 166 valence electrons. The molecule has 9 heteroatoms. The minimum atomic E-state index is -0.277. The third-order valence-electron chi connectivity index (χ3n) is 5.86. The van der Waals surface area contributed by atoms with Crippen LogP contribution in [-0.4, -0.2) is 31.9 Å². The van der Waals surface area contributed by atoms with Gasteiger partial charge in [0.1, 0.15) is 11.8 Å². The number of aromatic nitrogens is 2. The molecule has 1 fully saturated rings. The number of rotatable bonds is 6. The lowest BCUT2D eigenvalue weighted by Gasteiger charge is -2.20. The highest BCUT2D eigenvalue weighted by Gasteiger charge is 2.35. The van der Waals surface area contributed by atoms with Crippen LogP contribution in [0.25, 0.3) is 10.9 Å². The highest BCUT2D eigenvalue weighted by Crippen LogP contribution is 2.38. The molecule has 33 heavy (non-hydrogen) atoms. The van der Waals surface area contributed by atoms with Crippen molar-refractivity contribution >= 4 is 45.6 Å². The molecule has 6 rings (SSSR count). The van der Waals surface area contributed by atoms with E-state index in [0.717, 1.165) is 23.4 Å². The maximum atomic E-state index is 13.3. The van der Waals surface area contributed by atoms with Gasteiger partial charge in [-0.25, -0.2) is 9.99 Å². The Labute approximate surface area is 197 Å². The molecule has 4 aromatic rings. The second-order valence-corrected chi connectivity index (χ2v) is 9.99. The number of amides is 1.